The topological polar surface area (TPSA) is 45.5 Å². The first-order valence-electron chi connectivity index (χ1n) is 6.18. The maximum absolute atomic E-state index is 6.01. The van der Waals surface area contributed by atoms with Crippen LogP contribution in [0, 0.1) is 0 Å². The molecule has 6 heteroatoms. The van der Waals surface area contributed by atoms with E-state index in [1.165, 1.54) is 0 Å². The number of nitrogens with one attached hydrogen (secondary N) is 1. The summed E-state index contributed by atoms with van der Waals surface area (Å²) in [5.41, 5.74) is 2.83. The third kappa shape index (κ3) is 2.40. The number of hydrogen-bond donors (Lipinski definition) is 1. The van der Waals surface area contributed by atoms with Gasteiger partial charge in [0.1, 0.15) is 11.0 Å². The van der Waals surface area contributed by atoms with Crippen LogP contribution in [0.25, 0.3) is 5.65 Å². The fourth-order valence-electron chi connectivity index (χ4n) is 1.96. The second kappa shape index (κ2) is 5.02. The van der Waals surface area contributed by atoms with E-state index in [4.69, 9.17) is 11.6 Å². The molecule has 3 rings (SSSR count). The Morgan fingerprint density at radius 3 is 2.60 bits per heavy atom. The molecule has 0 atom stereocenters. The van der Waals surface area contributed by atoms with Crippen LogP contribution in [0.2, 0.25) is 5.15 Å². The predicted octanol–water partition coefficient (Wildman–Crippen LogP) is 3.19. The van der Waals surface area contributed by atoms with E-state index in [-0.39, 0.29) is 0 Å². The first-order valence-corrected chi connectivity index (χ1v) is 6.56. The molecule has 1 aromatic carbocycles. The molecule has 2 heterocycles. The van der Waals surface area contributed by atoms with Gasteiger partial charge in [-0.2, -0.15) is 9.61 Å². The van der Waals surface area contributed by atoms with Gasteiger partial charge in [-0.05, 0) is 24.3 Å². The lowest BCUT2D eigenvalue weighted by molar-refractivity contribution is 0.947. The van der Waals surface area contributed by atoms with Crippen molar-refractivity contribution in [2.45, 2.75) is 0 Å². The van der Waals surface area contributed by atoms with E-state index in [1.54, 1.807) is 16.8 Å². The number of aromatic nitrogens is 3. The van der Waals surface area contributed by atoms with Crippen LogP contribution in [0.3, 0.4) is 0 Å². The van der Waals surface area contributed by atoms with Gasteiger partial charge in [-0.1, -0.05) is 11.6 Å². The Labute approximate surface area is 121 Å². The van der Waals surface area contributed by atoms with Crippen molar-refractivity contribution in [3.63, 3.8) is 0 Å². The molecule has 0 aliphatic carbocycles. The summed E-state index contributed by atoms with van der Waals surface area (Å²) in [4.78, 5) is 6.25. The van der Waals surface area contributed by atoms with Crippen molar-refractivity contribution < 1.29 is 0 Å². The Bertz CT molecular complexity index is 733. The van der Waals surface area contributed by atoms with Gasteiger partial charge in [0.05, 0.1) is 6.20 Å². The summed E-state index contributed by atoms with van der Waals surface area (Å²) < 4.78 is 1.71. The lowest BCUT2D eigenvalue weighted by atomic mass is 10.2. The lowest BCUT2D eigenvalue weighted by Gasteiger charge is -2.13. The maximum Gasteiger partial charge on any atom is 0.159 e. The zero-order chi connectivity index (χ0) is 14.1. The number of rotatable bonds is 3. The summed E-state index contributed by atoms with van der Waals surface area (Å²) in [6, 6.07) is 11.7. The fraction of sp³-hybridized carbons (Fsp3) is 0.143. The molecule has 0 saturated carbocycles. The Morgan fingerprint density at radius 1 is 1.15 bits per heavy atom. The largest absolute Gasteiger partial charge is 0.378 e. The average molecular weight is 288 g/mol. The van der Waals surface area contributed by atoms with Crippen LogP contribution in [0.4, 0.5) is 17.2 Å². The number of benzene rings is 1. The van der Waals surface area contributed by atoms with Crippen LogP contribution in [-0.4, -0.2) is 28.7 Å². The number of nitrogens with zero attached hydrogens (tertiary/aromatic N) is 4. The van der Waals surface area contributed by atoms with Crippen molar-refractivity contribution in [3.05, 3.63) is 47.7 Å². The molecule has 0 saturated heterocycles. The van der Waals surface area contributed by atoms with Crippen LogP contribution < -0.4 is 10.2 Å². The molecule has 0 fully saturated rings. The molecule has 5 nitrogen and oxygen atoms in total. The first-order chi connectivity index (χ1) is 9.63. The molecule has 20 heavy (non-hydrogen) atoms. The normalized spacial score (nSPS) is 10.8. The van der Waals surface area contributed by atoms with Crippen LogP contribution >= 0.6 is 11.6 Å². The highest BCUT2D eigenvalue weighted by atomic mass is 35.5. The number of halogens is 1. The van der Waals surface area contributed by atoms with Crippen molar-refractivity contribution in [1.29, 1.82) is 0 Å². The van der Waals surface area contributed by atoms with Gasteiger partial charge in [0.25, 0.3) is 0 Å². The van der Waals surface area contributed by atoms with Gasteiger partial charge in [0, 0.05) is 37.6 Å². The summed E-state index contributed by atoms with van der Waals surface area (Å²) in [7, 11) is 4.02. The van der Waals surface area contributed by atoms with E-state index in [1.807, 2.05) is 44.4 Å². The van der Waals surface area contributed by atoms with Gasteiger partial charge in [-0.3, -0.25) is 0 Å². The smallest absolute Gasteiger partial charge is 0.159 e. The first kappa shape index (κ1) is 12.7. The van der Waals surface area contributed by atoms with Gasteiger partial charge in [-0.15, -0.1) is 0 Å². The minimum absolute atomic E-state index is 0.436. The summed E-state index contributed by atoms with van der Waals surface area (Å²) in [6.07, 6.45) is 1.69. The van der Waals surface area contributed by atoms with Gasteiger partial charge < -0.3 is 10.2 Å². The second-order valence-electron chi connectivity index (χ2n) is 4.63. The summed E-state index contributed by atoms with van der Waals surface area (Å²) in [5.74, 6) is 0.780. The van der Waals surface area contributed by atoms with Crippen molar-refractivity contribution in [2.24, 2.45) is 0 Å². The minimum atomic E-state index is 0.436. The molecule has 0 bridgehead atoms. The molecule has 102 valence electrons. The monoisotopic (exact) mass is 287 g/mol. The van der Waals surface area contributed by atoms with E-state index >= 15 is 0 Å². The zero-order valence-electron chi connectivity index (χ0n) is 11.2. The molecule has 2 aromatic heterocycles. The highest BCUT2D eigenvalue weighted by Gasteiger charge is 2.05. The van der Waals surface area contributed by atoms with E-state index in [0.717, 1.165) is 17.2 Å². The highest BCUT2D eigenvalue weighted by molar-refractivity contribution is 6.29. The molecule has 3 aromatic rings. The third-order valence-corrected chi connectivity index (χ3v) is 3.18. The molecule has 0 spiro atoms. The Balaban J connectivity index is 1.94. The quantitative estimate of drug-likeness (QED) is 0.752. The summed E-state index contributed by atoms with van der Waals surface area (Å²) in [6.45, 7) is 0. The Morgan fingerprint density at radius 2 is 1.90 bits per heavy atom. The average Bonchev–Trinajstić information content (AvgIpc) is 2.87. The summed E-state index contributed by atoms with van der Waals surface area (Å²) >= 11 is 6.01. The van der Waals surface area contributed by atoms with Crippen molar-refractivity contribution in [1.82, 2.24) is 14.6 Å². The number of hydrogen-bond acceptors (Lipinski definition) is 4. The molecular weight excluding hydrogens is 274 g/mol. The fourth-order valence-corrected chi connectivity index (χ4v) is 2.15. The molecule has 0 radical (unpaired) electrons. The van der Waals surface area contributed by atoms with Crippen molar-refractivity contribution in [2.75, 3.05) is 24.3 Å². The highest BCUT2D eigenvalue weighted by Crippen LogP contribution is 2.22. The third-order valence-electron chi connectivity index (χ3n) is 2.98. The van der Waals surface area contributed by atoms with E-state index in [9.17, 15) is 0 Å². The molecule has 0 aliphatic rings. The van der Waals surface area contributed by atoms with Crippen LogP contribution in [0.15, 0.2) is 42.6 Å². The second-order valence-corrected chi connectivity index (χ2v) is 5.02. The molecule has 1 N–H and O–H groups in total. The molecule has 0 amide bonds. The Kier molecular flexibility index (Phi) is 3.20. The molecule has 0 aliphatic heterocycles. The van der Waals surface area contributed by atoms with Crippen molar-refractivity contribution in [3.8, 4) is 0 Å². The Hall–Kier alpha value is -2.27. The van der Waals surface area contributed by atoms with Gasteiger partial charge in [0.15, 0.2) is 5.65 Å². The SMILES string of the molecule is CN(C)c1ccc(Nc2cc(Cl)nc3ccnn23)cc1. The standard InChI is InChI=1S/C14H14ClN5/c1-19(2)11-5-3-10(4-6-11)17-14-9-12(15)18-13-7-8-16-20(13)14/h3-9,17H,1-2H3. The predicted molar refractivity (Wildman–Crippen MR) is 82.0 cm³/mol. The molecule has 0 unspecified atom stereocenters. The van der Waals surface area contributed by atoms with Gasteiger partial charge in [-0.25, -0.2) is 4.98 Å². The van der Waals surface area contributed by atoms with Gasteiger partial charge >= 0.3 is 0 Å². The van der Waals surface area contributed by atoms with E-state index < -0.39 is 0 Å². The maximum atomic E-state index is 6.01. The lowest BCUT2D eigenvalue weighted by Crippen LogP contribution is -2.08. The van der Waals surface area contributed by atoms with Crippen LogP contribution in [0.1, 0.15) is 0 Å². The van der Waals surface area contributed by atoms with Crippen molar-refractivity contribution >= 4 is 34.4 Å². The minimum Gasteiger partial charge on any atom is -0.378 e. The van der Waals surface area contributed by atoms with E-state index in [2.05, 4.69) is 20.3 Å². The van der Waals surface area contributed by atoms with Crippen LogP contribution in [-0.2, 0) is 0 Å². The van der Waals surface area contributed by atoms with E-state index in [0.29, 0.717) is 10.8 Å². The zero-order valence-corrected chi connectivity index (χ0v) is 12.0. The summed E-state index contributed by atoms with van der Waals surface area (Å²) in [5, 5.41) is 7.96. The number of anilines is 3. The van der Waals surface area contributed by atoms with Gasteiger partial charge in [0.2, 0.25) is 0 Å². The van der Waals surface area contributed by atoms with Crippen LogP contribution in [0.5, 0.6) is 0 Å². The number of fused-ring (bicyclic) bond motifs is 1. The molecular formula is C14H14ClN5.